The number of nitrogens with zero attached hydrogens (tertiary/aromatic N) is 2. The Balaban J connectivity index is 1.55. The topological polar surface area (TPSA) is 71.0 Å². The Bertz CT molecular complexity index is 1170. The summed E-state index contributed by atoms with van der Waals surface area (Å²) in [5.74, 6) is 0.271. The molecule has 1 aliphatic rings. The van der Waals surface area contributed by atoms with Crippen LogP contribution in [0, 0.1) is 0 Å². The highest BCUT2D eigenvalue weighted by atomic mass is 35.5. The Morgan fingerprint density at radius 2 is 1.79 bits per heavy atom. The number of ether oxygens (including phenoxy) is 1. The first-order valence-electron chi connectivity index (χ1n) is 10.8. The lowest BCUT2D eigenvalue weighted by atomic mass is 10.2. The number of hydrogen-bond acceptors (Lipinski definition) is 5. The van der Waals surface area contributed by atoms with Gasteiger partial charge in [0.2, 0.25) is 11.8 Å². The quantitative estimate of drug-likeness (QED) is 0.476. The van der Waals surface area contributed by atoms with Crippen LogP contribution in [0.1, 0.15) is 12.0 Å². The number of thioether (sulfide) groups is 1. The highest BCUT2D eigenvalue weighted by Gasteiger charge is 2.36. The third kappa shape index (κ3) is 5.98. The predicted octanol–water partition coefficient (Wildman–Crippen LogP) is 5.42. The molecule has 1 heterocycles. The van der Waals surface area contributed by atoms with Gasteiger partial charge in [-0.15, -0.1) is 0 Å². The molecule has 1 fully saturated rings. The van der Waals surface area contributed by atoms with E-state index in [9.17, 15) is 9.59 Å². The molecule has 0 spiro atoms. The van der Waals surface area contributed by atoms with Crippen LogP contribution in [0.25, 0.3) is 0 Å². The number of hydrogen-bond donors (Lipinski definition) is 1. The number of nitrogens with one attached hydrogen (secondary N) is 1. The Morgan fingerprint density at radius 1 is 1.09 bits per heavy atom. The fourth-order valence-electron chi connectivity index (χ4n) is 3.50. The molecule has 34 heavy (non-hydrogen) atoms. The lowest BCUT2D eigenvalue weighted by molar-refractivity contribution is -0.121. The number of amides is 2. The second-order valence-electron chi connectivity index (χ2n) is 7.63. The van der Waals surface area contributed by atoms with E-state index < -0.39 is 5.25 Å². The van der Waals surface area contributed by atoms with Gasteiger partial charge < -0.3 is 10.1 Å². The molecule has 4 rings (SSSR count). The summed E-state index contributed by atoms with van der Waals surface area (Å²) in [6, 6.07) is 24.1. The first-order chi connectivity index (χ1) is 16.5. The van der Waals surface area contributed by atoms with Gasteiger partial charge >= 0.3 is 0 Å². The first kappa shape index (κ1) is 23.9. The standard InChI is InChI=1S/C26H24ClN3O3S/c1-33-22-13-11-21(12-14-22)30-24(31)17-23(25(32)29-20-9-7-19(27)8-10-20)34-26(30)28-16-15-18-5-3-2-4-6-18/h2-14,23H,15-17H2,1H3,(H,29,32)/t23-/m1/s1. The van der Waals surface area contributed by atoms with E-state index in [-0.39, 0.29) is 18.2 Å². The molecule has 3 aromatic rings. The SMILES string of the molecule is COc1ccc(N2C(=O)C[C@H](C(=O)Nc3ccc(Cl)cc3)SC2=NCCc2ccccc2)cc1. The minimum Gasteiger partial charge on any atom is -0.497 e. The molecule has 8 heteroatoms. The summed E-state index contributed by atoms with van der Waals surface area (Å²) in [4.78, 5) is 32.5. The lowest BCUT2D eigenvalue weighted by Gasteiger charge is -2.32. The molecule has 0 bridgehead atoms. The molecule has 0 saturated carbocycles. The summed E-state index contributed by atoms with van der Waals surface area (Å²) < 4.78 is 5.24. The van der Waals surface area contributed by atoms with Crippen LogP contribution in [0.3, 0.4) is 0 Å². The number of methoxy groups -OCH3 is 1. The molecule has 174 valence electrons. The molecule has 1 saturated heterocycles. The van der Waals surface area contributed by atoms with Gasteiger partial charge in [0, 0.05) is 23.7 Å². The maximum Gasteiger partial charge on any atom is 0.238 e. The fraction of sp³-hybridized carbons (Fsp3) is 0.192. The number of carbonyl (C=O) groups excluding carboxylic acids is 2. The van der Waals surface area contributed by atoms with E-state index in [1.54, 1.807) is 48.4 Å². The lowest BCUT2D eigenvalue weighted by Crippen LogP contribution is -2.45. The zero-order chi connectivity index (χ0) is 23.9. The molecule has 1 aliphatic heterocycles. The van der Waals surface area contributed by atoms with Crippen molar-refractivity contribution >= 4 is 51.7 Å². The summed E-state index contributed by atoms with van der Waals surface area (Å²) in [7, 11) is 1.59. The van der Waals surface area contributed by atoms with Gasteiger partial charge in [-0.05, 0) is 60.5 Å². The first-order valence-corrected chi connectivity index (χ1v) is 12.1. The summed E-state index contributed by atoms with van der Waals surface area (Å²) in [5.41, 5.74) is 2.47. The maximum atomic E-state index is 13.2. The van der Waals surface area contributed by atoms with Gasteiger partial charge in [-0.1, -0.05) is 53.7 Å². The van der Waals surface area contributed by atoms with Crippen LogP contribution < -0.4 is 15.0 Å². The van der Waals surface area contributed by atoms with Gasteiger partial charge in [-0.25, -0.2) is 0 Å². The minimum absolute atomic E-state index is 0.0633. The van der Waals surface area contributed by atoms with Gasteiger partial charge in [0.25, 0.3) is 0 Å². The highest BCUT2D eigenvalue weighted by molar-refractivity contribution is 8.15. The summed E-state index contributed by atoms with van der Waals surface area (Å²) in [6.07, 6.45) is 0.797. The molecule has 1 atom stereocenters. The minimum atomic E-state index is -0.590. The van der Waals surface area contributed by atoms with E-state index in [0.717, 1.165) is 12.0 Å². The Morgan fingerprint density at radius 3 is 2.47 bits per heavy atom. The molecule has 6 nitrogen and oxygen atoms in total. The predicted molar refractivity (Wildman–Crippen MR) is 139 cm³/mol. The number of carbonyl (C=O) groups is 2. The van der Waals surface area contributed by atoms with Crippen molar-refractivity contribution in [2.75, 3.05) is 23.9 Å². The summed E-state index contributed by atoms with van der Waals surface area (Å²) >= 11 is 7.23. The fourth-order valence-corrected chi connectivity index (χ4v) is 4.75. The molecule has 0 aromatic heterocycles. The van der Waals surface area contributed by atoms with Crippen molar-refractivity contribution in [3.63, 3.8) is 0 Å². The smallest absolute Gasteiger partial charge is 0.238 e. The van der Waals surface area contributed by atoms with E-state index in [1.807, 2.05) is 42.5 Å². The van der Waals surface area contributed by atoms with E-state index in [2.05, 4.69) is 5.32 Å². The molecule has 1 N–H and O–H groups in total. The largest absolute Gasteiger partial charge is 0.497 e. The van der Waals surface area contributed by atoms with Crippen LogP contribution in [0.4, 0.5) is 11.4 Å². The number of amidine groups is 1. The van der Waals surface area contributed by atoms with Gasteiger partial charge in [-0.2, -0.15) is 0 Å². The van der Waals surface area contributed by atoms with Crippen LogP contribution in [-0.2, 0) is 16.0 Å². The van der Waals surface area contributed by atoms with Crippen molar-refractivity contribution in [2.24, 2.45) is 4.99 Å². The average molecular weight is 494 g/mol. The molecule has 0 unspecified atom stereocenters. The van der Waals surface area contributed by atoms with Crippen molar-refractivity contribution in [3.8, 4) is 5.75 Å². The van der Waals surface area contributed by atoms with Crippen LogP contribution in [-0.4, -0.2) is 35.9 Å². The van der Waals surface area contributed by atoms with Crippen LogP contribution in [0.5, 0.6) is 5.75 Å². The van der Waals surface area contributed by atoms with Crippen molar-refractivity contribution in [3.05, 3.63) is 89.4 Å². The van der Waals surface area contributed by atoms with Crippen LogP contribution >= 0.6 is 23.4 Å². The third-order valence-corrected chi connectivity index (χ3v) is 6.71. The van der Waals surface area contributed by atoms with Gasteiger partial charge in [0.1, 0.15) is 11.0 Å². The second kappa shape index (κ2) is 11.2. The van der Waals surface area contributed by atoms with E-state index >= 15 is 0 Å². The van der Waals surface area contributed by atoms with Crippen LogP contribution in [0.15, 0.2) is 83.9 Å². The molecular weight excluding hydrogens is 470 g/mol. The van der Waals surface area contributed by atoms with E-state index in [1.165, 1.54) is 11.8 Å². The second-order valence-corrected chi connectivity index (χ2v) is 9.24. The monoisotopic (exact) mass is 493 g/mol. The number of benzene rings is 3. The van der Waals surface area contributed by atoms with E-state index in [0.29, 0.717) is 33.9 Å². The summed E-state index contributed by atoms with van der Waals surface area (Å²) in [6.45, 7) is 0.498. The maximum absolute atomic E-state index is 13.2. The van der Waals surface area contributed by atoms with Gasteiger partial charge in [-0.3, -0.25) is 19.5 Å². The Kier molecular flexibility index (Phi) is 7.87. The average Bonchev–Trinajstić information content (AvgIpc) is 2.86. The number of halogens is 1. The van der Waals surface area contributed by atoms with Crippen molar-refractivity contribution in [1.29, 1.82) is 0 Å². The highest BCUT2D eigenvalue weighted by Crippen LogP contribution is 2.32. The molecule has 2 amide bonds. The number of anilines is 2. The normalized spacial score (nSPS) is 17.0. The molecule has 3 aromatic carbocycles. The van der Waals surface area contributed by atoms with Crippen molar-refractivity contribution in [1.82, 2.24) is 0 Å². The molecular formula is C26H24ClN3O3S. The number of aliphatic imine (C=N–C) groups is 1. The number of rotatable bonds is 7. The van der Waals surface area contributed by atoms with Crippen molar-refractivity contribution < 1.29 is 14.3 Å². The van der Waals surface area contributed by atoms with Gasteiger partial charge in [0.15, 0.2) is 5.17 Å². The summed E-state index contributed by atoms with van der Waals surface area (Å²) in [5, 5.41) is 3.38. The van der Waals surface area contributed by atoms with Crippen molar-refractivity contribution in [2.45, 2.75) is 18.1 Å². The third-order valence-electron chi connectivity index (χ3n) is 5.27. The zero-order valence-electron chi connectivity index (χ0n) is 18.6. The van der Waals surface area contributed by atoms with E-state index in [4.69, 9.17) is 21.3 Å². The molecule has 0 radical (unpaired) electrons. The van der Waals surface area contributed by atoms with Crippen LogP contribution in [0.2, 0.25) is 5.02 Å². The Labute approximate surface area is 208 Å². The zero-order valence-corrected chi connectivity index (χ0v) is 20.2. The van der Waals surface area contributed by atoms with Gasteiger partial charge in [0.05, 0.1) is 12.8 Å². The molecule has 0 aliphatic carbocycles. The Hall–Kier alpha value is -3.29.